The molecule has 1 aliphatic carbocycles. The number of hydrogen-bond donors (Lipinski definition) is 1. The van der Waals surface area contributed by atoms with Gasteiger partial charge in [-0.3, -0.25) is 0 Å². The van der Waals surface area contributed by atoms with E-state index in [1.807, 2.05) is 0 Å². The topological polar surface area (TPSA) is 29.3 Å². The second-order valence-electron chi connectivity index (χ2n) is 4.39. The van der Waals surface area contributed by atoms with Crippen LogP contribution in [0.2, 0.25) is 0 Å². The third kappa shape index (κ3) is 2.46. The first kappa shape index (κ1) is 10.0. The molecule has 0 spiro atoms. The van der Waals surface area contributed by atoms with Gasteiger partial charge in [-0.05, 0) is 32.7 Å². The van der Waals surface area contributed by atoms with Crippen LogP contribution >= 0.6 is 0 Å². The quantitative estimate of drug-likeness (QED) is 0.694. The molecule has 0 saturated heterocycles. The summed E-state index contributed by atoms with van der Waals surface area (Å²) in [7, 11) is 2.20. The van der Waals surface area contributed by atoms with Gasteiger partial charge in [-0.1, -0.05) is 13.3 Å². The number of hydrogen-bond acceptors (Lipinski definition) is 2. The summed E-state index contributed by atoms with van der Waals surface area (Å²) in [5.41, 5.74) is 5.76. The van der Waals surface area contributed by atoms with E-state index in [0.29, 0.717) is 6.04 Å². The largest absolute Gasteiger partial charge is 0.327 e. The first-order valence-corrected chi connectivity index (χ1v) is 5.07. The minimum absolute atomic E-state index is 0.308. The first-order chi connectivity index (χ1) is 5.61. The van der Waals surface area contributed by atoms with Gasteiger partial charge in [0.1, 0.15) is 0 Å². The van der Waals surface area contributed by atoms with E-state index >= 15 is 0 Å². The lowest BCUT2D eigenvalue weighted by Gasteiger charge is -2.29. The Kier molecular flexibility index (Phi) is 3.53. The Morgan fingerprint density at radius 1 is 1.50 bits per heavy atom. The molecule has 1 aliphatic rings. The Morgan fingerprint density at radius 3 is 2.58 bits per heavy atom. The molecule has 0 radical (unpaired) electrons. The highest BCUT2D eigenvalue weighted by Crippen LogP contribution is 2.28. The molecule has 3 atom stereocenters. The van der Waals surface area contributed by atoms with Crippen molar-refractivity contribution in [2.45, 2.75) is 45.2 Å². The molecule has 0 aromatic rings. The van der Waals surface area contributed by atoms with Crippen molar-refractivity contribution >= 4 is 0 Å². The summed E-state index contributed by atoms with van der Waals surface area (Å²) < 4.78 is 0. The van der Waals surface area contributed by atoms with Crippen LogP contribution in [0.3, 0.4) is 0 Å². The summed E-state index contributed by atoms with van der Waals surface area (Å²) in [5.74, 6) is 0.869. The zero-order chi connectivity index (χ0) is 9.14. The summed E-state index contributed by atoms with van der Waals surface area (Å²) in [5, 5.41) is 0. The molecule has 0 heterocycles. The van der Waals surface area contributed by atoms with Crippen LogP contribution in [0.1, 0.15) is 33.1 Å². The average molecular weight is 170 g/mol. The van der Waals surface area contributed by atoms with Gasteiger partial charge < -0.3 is 10.6 Å². The van der Waals surface area contributed by atoms with Crippen molar-refractivity contribution in [1.82, 2.24) is 4.90 Å². The van der Waals surface area contributed by atoms with Crippen LogP contribution in [-0.2, 0) is 0 Å². The van der Waals surface area contributed by atoms with Crippen molar-refractivity contribution in [3.05, 3.63) is 0 Å². The van der Waals surface area contributed by atoms with Gasteiger partial charge in [0.2, 0.25) is 0 Å². The van der Waals surface area contributed by atoms with Gasteiger partial charge in [0.25, 0.3) is 0 Å². The molecule has 2 N–H and O–H groups in total. The molecule has 1 saturated carbocycles. The minimum atomic E-state index is 0.308. The predicted molar refractivity (Wildman–Crippen MR) is 53.1 cm³/mol. The fraction of sp³-hybridized carbons (Fsp3) is 1.00. The fourth-order valence-electron chi connectivity index (χ4n) is 2.37. The highest BCUT2D eigenvalue weighted by Gasteiger charge is 2.26. The van der Waals surface area contributed by atoms with Crippen molar-refractivity contribution in [3.63, 3.8) is 0 Å². The van der Waals surface area contributed by atoms with Crippen LogP contribution in [0.4, 0.5) is 0 Å². The van der Waals surface area contributed by atoms with E-state index in [-0.39, 0.29) is 0 Å². The SMILES string of the molecule is CC(N)CN(C)C1CCCC1C. The zero-order valence-electron chi connectivity index (χ0n) is 8.59. The van der Waals surface area contributed by atoms with E-state index in [1.54, 1.807) is 0 Å². The number of nitrogens with two attached hydrogens (primary N) is 1. The van der Waals surface area contributed by atoms with Crippen molar-refractivity contribution in [2.75, 3.05) is 13.6 Å². The third-order valence-electron chi connectivity index (χ3n) is 2.96. The molecule has 3 unspecified atom stereocenters. The Balaban J connectivity index is 2.35. The number of likely N-dealkylation sites (N-methyl/N-ethyl adjacent to an activating group) is 1. The van der Waals surface area contributed by atoms with Crippen LogP contribution in [-0.4, -0.2) is 30.6 Å². The number of nitrogens with zero attached hydrogens (tertiary/aromatic N) is 1. The van der Waals surface area contributed by atoms with Gasteiger partial charge in [0.15, 0.2) is 0 Å². The molecule has 1 fully saturated rings. The van der Waals surface area contributed by atoms with Crippen molar-refractivity contribution in [1.29, 1.82) is 0 Å². The van der Waals surface area contributed by atoms with Crippen molar-refractivity contribution in [2.24, 2.45) is 11.7 Å². The third-order valence-corrected chi connectivity index (χ3v) is 2.96. The molecule has 2 nitrogen and oxygen atoms in total. The summed E-state index contributed by atoms with van der Waals surface area (Å²) in [4.78, 5) is 2.43. The van der Waals surface area contributed by atoms with E-state index in [9.17, 15) is 0 Å². The van der Waals surface area contributed by atoms with Gasteiger partial charge in [-0.15, -0.1) is 0 Å². The minimum Gasteiger partial charge on any atom is -0.327 e. The Bertz CT molecular complexity index is 134. The van der Waals surface area contributed by atoms with Crippen LogP contribution in [0, 0.1) is 5.92 Å². The molecule has 1 rings (SSSR count). The van der Waals surface area contributed by atoms with E-state index in [4.69, 9.17) is 5.73 Å². The summed E-state index contributed by atoms with van der Waals surface area (Å²) in [6.07, 6.45) is 4.16. The average Bonchev–Trinajstić information content (AvgIpc) is 2.33. The van der Waals surface area contributed by atoms with E-state index < -0.39 is 0 Å². The maximum atomic E-state index is 5.76. The monoisotopic (exact) mass is 170 g/mol. The van der Waals surface area contributed by atoms with Gasteiger partial charge in [-0.25, -0.2) is 0 Å². The molecule has 2 heteroatoms. The highest BCUT2D eigenvalue weighted by atomic mass is 15.1. The summed E-state index contributed by atoms with van der Waals surface area (Å²) in [6.45, 7) is 5.47. The lowest BCUT2D eigenvalue weighted by Crippen LogP contribution is -2.40. The highest BCUT2D eigenvalue weighted by molar-refractivity contribution is 4.82. The normalized spacial score (nSPS) is 32.8. The second kappa shape index (κ2) is 4.24. The molecule has 0 aromatic carbocycles. The van der Waals surface area contributed by atoms with Crippen LogP contribution in [0.25, 0.3) is 0 Å². The van der Waals surface area contributed by atoms with Gasteiger partial charge in [-0.2, -0.15) is 0 Å². The lowest BCUT2D eigenvalue weighted by atomic mass is 10.1. The molecular formula is C10H22N2. The van der Waals surface area contributed by atoms with Crippen LogP contribution in [0.5, 0.6) is 0 Å². The molecule has 72 valence electrons. The molecular weight excluding hydrogens is 148 g/mol. The van der Waals surface area contributed by atoms with Crippen molar-refractivity contribution in [3.8, 4) is 0 Å². The molecule has 0 amide bonds. The van der Waals surface area contributed by atoms with Crippen molar-refractivity contribution < 1.29 is 0 Å². The maximum absolute atomic E-state index is 5.76. The molecule has 0 aliphatic heterocycles. The summed E-state index contributed by atoms with van der Waals surface area (Å²) in [6, 6.07) is 1.10. The van der Waals surface area contributed by atoms with Crippen LogP contribution in [0.15, 0.2) is 0 Å². The van der Waals surface area contributed by atoms with Gasteiger partial charge in [0, 0.05) is 18.6 Å². The Morgan fingerprint density at radius 2 is 2.17 bits per heavy atom. The van der Waals surface area contributed by atoms with E-state index in [0.717, 1.165) is 18.5 Å². The lowest BCUT2D eigenvalue weighted by molar-refractivity contribution is 0.198. The summed E-state index contributed by atoms with van der Waals surface area (Å²) >= 11 is 0. The van der Waals surface area contributed by atoms with E-state index in [1.165, 1.54) is 19.3 Å². The molecule has 0 bridgehead atoms. The zero-order valence-corrected chi connectivity index (χ0v) is 8.59. The van der Waals surface area contributed by atoms with Gasteiger partial charge in [0.05, 0.1) is 0 Å². The smallest absolute Gasteiger partial charge is 0.0139 e. The standard InChI is InChI=1S/C10H22N2/c1-8-5-4-6-10(8)12(3)7-9(2)11/h8-10H,4-7,11H2,1-3H3. The van der Waals surface area contributed by atoms with E-state index in [2.05, 4.69) is 25.8 Å². The number of rotatable bonds is 3. The second-order valence-corrected chi connectivity index (χ2v) is 4.39. The molecule has 0 aromatic heterocycles. The fourth-order valence-corrected chi connectivity index (χ4v) is 2.37. The molecule has 12 heavy (non-hydrogen) atoms. The Labute approximate surface area is 76.1 Å². The van der Waals surface area contributed by atoms with Crippen LogP contribution < -0.4 is 5.73 Å². The first-order valence-electron chi connectivity index (χ1n) is 5.07. The predicted octanol–water partition coefficient (Wildman–Crippen LogP) is 1.45. The maximum Gasteiger partial charge on any atom is 0.0139 e. The Hall–Kier alpha value is -0.0800. The van der Waals surface area contributed by atoms with Gasteiger partial charge >= 0.3 is 0 Å².